The maximum absolute atomic E-state index is 11.8. The predicted octanol–water partition coefficient (Wildman–Crippen LogP) is 2.40. The number of aliphatic imine (C=N–C) groups is 1. The molecule has 0 unspecified atom stereocenters. The van der Waals surface area contributed by atoms with Gasteiger partial charge in [0, 0.05) is 5.56 Å². The van der Waals surface area contributed by atoms with Crippen LogP contribution in [0.1, 0.15) is 26.3 Å². The number of rotatable bonds is 2. The van der Waals surface area contributed by atoms with E-state index in [1.807, 2.05) is 51.1 Å². The van der Waals surface area contributed by atoms with E-state index in [9.17, 15) is 4.79 Å². The molecular formula is C13H15NO2. The molecule has 0 saturated heterocycles. The summed E-state index contributed by atoms with van der Waals surface area (Å²) < 4.78 is 5.24. The van der Waals surface area contributed by atoms with Crippen molar-refractivity contribution in [2.75, 3.05) is 0 Å². The smallest absolute Gasteiger partial charge is 0.340 e. The normalized spacial score (nSPS) is 24.5. The lowest BCUT2D eigenvalue weighted by Gasteiger charge is -2.19. The van der Waals surface area contributed by atoms with Gasteiger partial charge in [0.15, 0.2) is 5.54 Å². The highest BCUT2D eigenvalue weighted by atomic mass is 16.6. The quantitative estimate of drug-likeness (QED) is 0.713. The number of nitrogens with zero attached hydrogens (tertiary/aromatic N) is 1. The Kier molecular flexibility index (Phi) is 2.54. The van der Waals surface area contributed by atoms with E-state index in [1.54, 1.807) is 0 Å². The van der Waals surface area contributed by atoms with Gasteiger partial charge in [-0.1, -0.05) is 32.0 Å². The zero-order chi connectivity index (χ0) is 11.8. The third kappa shape index (κ3) is 1.62. The number of cyclic esters (lactones) is 1. The summed E-state index contributed by atoms with van der Waals surface area (Å²) in [6, 6.07) is 9.49. The molecule has 1 aliphatic heterocycles. The van der Waals surface area contributed by atoms with Crippen LogP contribution in [0.3, 0.4) is 0 Å². The maximum atomic E-state index is 11.8. The Morgan fingerprint density at radius 1 is 1.25 bits per heavy atom. The summed E-state index contributed by atoms with van der Waals surface area (Å²) >= 11 is 0. The fourth-order valence-electron chi connectivity index (χ4n) is 1.54. The molecule has 0 bridgehead atoms. The van der Waals surface area contributed by atoms with Crippen molar-refractivity contribution in [1.82, 2.24) is 0 Å². The van der Waals surface area contributed by atoms with Gasteiger partial charge in [-0.15, -0.1) is 0 Å². The fraction of sp³-hybridized carbons (Fsp3) is 0.385. The number of hydrogen-bond acceptors (Lipinski definition) is 3. The average Bonchev–Trinajstić information content (AvgIpc) is 2.58. The van der Waals surface area contributed by atoms with Crippen molar-refractivity contribution < 1.29 is 9.53 Å². The van der Waals surface area contributed by atoms with Gasteiger partial charge in [-0.3, -0.25) is 0 Å². The number of esters is 1. The van der Waals surface area contributed by atoms with Crippen LogP contribution in [-0.2, 0) is 9.53 Å². The summed E-state index contributed by atoms with van der Waals surface area (Å²) in [6.45, 7) is 5.76. The van der Waals surface area contributed by atoms with Gasteiger partial charge in [-0.2, -0.15) is 0 Å². The molecule has 0 aromatic heterocycles. The van der Waals surface area contributed by atoms with E-state index in [1.165, 1.54) is 0 Å². The SMILES string of the molecule is CC(C)[C@]1(C)N=C(c2ccccc2)OC1=O. The molecule has 16 heavy (non-hydrogen) atoms. The van der Waals surface area contributed by atoms with Gasteiger partial charge >= 0.3 is 5.97 Å². The zero-order valence-electron chi connectivity index (χ0n) is 9.73. The lowest BCUT2D eigenvalue weighted by Crippen LogP contribution is -2.35. The highest BCUT2D eigenvalue weighted by Crippen LogP contribution is 2.29. The molecule has 1 heterocycles. The first kappa shape index (κ1) is 10.9. The van der Waals surface area contributed by atoms with Crippen molar-refractivity contribution in [2.45, 2.75) is 26.3 Å². The van der Waals surface area contributed by atoms with E-state index >= 15 is 0 Å². The van der Waals surface area contributed by atoms with Crippen LogP contribution in [0.25, 0.3) is 0 Å². The van der Waals surface area contributed by atoms with Crippen LogP contribution >= 0.6 is 0 Å². The molecule has 1 atom stereocenters. The first-order valence-corrected chi connectivity index (χ1v) is 5.41. The Balaban J connectivity index is 2.37. The van der Waals surface area contributed by atoms with Crippen LogP contribution in [0.2, 0.25) is 0 Å². The Labute approximate surface area is 95.2 Å². The fourth-order valence-corrected chi connectivity index (χ4v) is 1.54. The van der Waals surface area contributed by atoms with Crippen LogP contribution in [0.5, 0.6) is 0 Å². The van der Waals surface area contributed by atoms with Gasteiger partial charge in [0.1, 0.15) is 0 Å². The maximum Gasteiger partial charge on any atom is 0.340 e. The monoisotopic (exact) mass is 217 g/mol. The summed E-state index contributed by atoms with van der Waals surface area (Å²) in [7, 11) is 0. The summed E-state index contributed by atoms with van der Waals surface area (Å²) in [6.07, 6.45) is 0. The molecule has 1 aliphatic rings. The molecule has 3 heteroatoms. The van der Waals surface area contributed by atoms with E-state index in [4.69, 9.17) is 4.74 Å². The summed E-state index contributed by atoms with van der Waals surface area (Å²) in [5.74, 6) is 0.296. The topological polar surface area (TPSA) is 38.7 Å². The molecular weight excluding hydrogens is 202 g/mol. The molecule has 2 rings (SSSR count). The van der Waals surface area contributed by atoms with Crippen molar-refractivity contribution in [3.63, 3.8) is 0 Å². The van der Waals surface area contributed by atoms with Crippen LogP contribution in [0.15, 0.2) is 35.3 Å². The Morgan fingerprint density at radius 3 is 2.38 bits per heavy atom. The van der Waals surface area contributed by atoms with Crippen molar-refractivity contribution in [2.24, 2.45) is 10.9 Å². The number of hydrogen-bond donors (Lipinski definition) is 0. The molecule has 0 aliphatic carbocycles. The highest BCUT2D eigenvalue weighted by molar-refractivity contribution is 6.07. The van der Waals surface area contributed by atoms with Gasteiger partial charge in [-0.05, 0) is 25.0 Å². The average molecular weight is 217 g/mol. The Hall–Kier alpha value is -1.64. The van der Waals surface area contributed by atoms with E-state index < -0.39 is 5.54 Å². The molecule has 0 spiro atoms. The van der Waals surface area contributed by atoms with Crippen molar-refractivity contribution >= 4 is 11.9 Å². The van der Waals surface area contributed by atoms with Crippen molar-refractivity contribution in [3.8, 4) is 0 Å². The van der Waals surface area contributed by atoms with Crippen LogP contribution in [0.4, 0.5) is 0 Å². The lowest BCUT2D eigenvalue weighted by atomic mass is 9.90. The number of ether oxygens (including phenoxy) is 1. The highest BCUT2D eigenvalue weighted by Gasteiger charge is 2.44. The molecule has 0 fully saturated rings. The van der Waals surface area contributed by atoms with E-state index in [-0.39, 0.29) is 11.9 Å². The predicted molar refractivity (Wildman–Crippen MR) is 62.3 cm³/mol. The minimum atomic E-state index is -0.745. The van der Waals surface area contributed by atoms with Gasteiger partial charge < -0.3 is 4.74 Å². The first-order valence-electron chi connectivity index (χ1n) is 5.41. The van der Waals surface area contributed by atoms with Crippen LogP contribution in [-0.4, -0.2) is 17.4 Å². The number of carbonyl (C=O) groups is 1. The van der Waals surface area contributed by atoms with Gasteiger partial charge in [0.2, 0.25) is 5.90 Å². The number of benzene rings is 1. The third-order valence-electron chi connectivity index (χ3n) is 3.08. The molecule has 3 nitrogen and oxygen atoms in total. The Morgan fingerprint density at radius 2 is 1.88 bits per heavy atom. The van der Waals surface area contributed by atoms with E-state index in [0.717, 1.165) is 5.56 Å². The summed E-state index contributed by atoms with van der Waals surface area (Å²) in [4.78, 5) is 16.2. The van der Waals surface area contributed by atoms with Crippen molar-refractivity contribution in [3.05, 3.63) is 35.9 Å². The molecule has 0 amide bonds. The lowest BCUT2D eigenvalue weighted by molar-refractivity contribution is -0.139. The third-order valence-corrected chi connectivity index (χ3v) is 3.08. The second-order valence-electron chi connectivity index (χ2n) is 4.47. The molecule has 84 valence electrons. The van der Waals surface area contributed by atoms with Gasteiger partial charge in [0.05, 0.1) is 0 Å². The molecule has 0 N–H and O–H groups in total. The molecule has 1 aromatic carbocycles. The van der Waals surface area contributed by atoms with Crippen LogP contribution in [0, 0.1) is 5.92 Å². The minimum absolute atomic E-state index is 0.126. The minimum Gasteiger partial charge on any atom is -0.405 e. The number of carbonyl (C=O) groups excluding carboxylic acids is 1. The molecule has 1 aromatic rings. The second-order valence-corrected chi connectivity index (χ2v) is 4.47. The molecule has 0 radical (unpaired) electrons. The largest absolute Gasteiger partial charge is 0.405 e. The van der Waals surface area contributed by atoms with Gasteiger partial charge in [-0.25, -0.2) is 9.79 Å². The first-order chi connectivity index (χ1) is 7.54. The zero-order valence-corrected chi connectivity index (χ0v) is 9.73. The van der Waals surface area contributed by atoms with E-state index in [0.29, 0.717) is 5.90 Å². The Bertz CT molecular complexity index is 437. The van der Waals surface area contributed by atoms with Gasteiger partial charge in [0.25, 0.3) is 0 Å². The summed E-state index contributed by atoms with van der Waals surface area (Å²) in [5, 5.41) is 0. The molecule has 0 saturated carbocycles. The van der Waals surface area contributed by atoms with Crippen molar-refractivity contribution in [1.29, 1.82) is 0 Å². The second kappa shape index (κ2) is 3.74. The summed E-state index contributed by atoms with van der Waals surface area (Å²) in [5.41, 5.74) is 0.103. The standard InChI is InChI=1S/C13H15NO2/c1-9(2)13(3)12(15)16-11(14-13)10-7-5-4-6-8-10/h4-9H,1-3H3/t13-/m0/s1. The van der Waals surface area contributed by atoms with E-state index in [2.05, 4.69) is 4.99 Å². The van der Waals surface area contributed by atoms with Crippen LogP contribution < -0.4 is 0 Å².